The van der Waals surface area contributed by atoms with Crippen molar-refractivity contribution in [3.63, 3.8) is 0 Å². The van der Waals surface area contributed by atoms with Gasteiger partial charge in [-0.3, -0.25) is 14.5 Å². The Bertz CT molecular complexity index is 661. The Kier molecular flexibility index (Phi) is 4.17. The van der Waals surface area contributed by atoms with Gasteiger partial charge in [-0.2, -0.15) is 0 Å². The molecule has 6 heteroatoms. The van der Waals surface area contributed by atoms with Gasteiger partial charge in [0.1, 0.15) is 11.5 Å². The molecular formula is C17H19FN2O3. The molecular weight excluding hydrogens is 299 g/mol. The summed E-state index contributed by atoms with van der Waals surface area (Å²) in [7, 11) is 0. The van der Waals surface area contributed by atoms with Crippen molar-refractivity contribution < 1.29 is 18.7 Å². The number of morpholine rings is 1. The Morgan fingerprint density at radius 1 is 1.04 bits per heavy atom. The van der Waals surface area contributed by atoms with Gasteiger partial charge >= 0.3 is 0 Å². The molecule has 3 rings (SSSR count). The van der Waals surface area contributed by atoms with Crippen molar-refractivity contribution in [3.8, 4) is 0 Å². The molecule has 0 saturated carbocycles. The minimum absolute atomic E-state index is 0.232. The van der Waals surface area contributed by atoms with Gasteiger partial charge in [0.2, 0.25) is 0 Å². The Hall–Kier alpha value is -2.21. The number of amides is 2. The summed E-state index contributed by atoms with van der Waals surface area (Å²) in [5.74, 6) is -0.982. The summed E-state index contributed by atoms with van der Waals surface area (Å²) in [4.78, 5) is 28.8. The molecule has 23 heavy (non-hydrogen) atoms. The molecule has 2 aliphatic rings. The molecule has 2 aliphatic heterocycles. The van der Waals surface area contributed by atoms with E-state index in [0.29, 0.717) is 43.1 Å². The van der Waals surface area contributed by atoms with E-state index in [0.717, 1.165) is 0 Å². The first kappa shape index (κ1) is 15.7. The molecule has 0 aromatic heterocycles. The minimum Gasteiger partial charge on any atom is -0.378 e. The predicted octanol–water partition coefficient (Wildman–Crippen LogP) is 1.65. The van der Waals surface area contributed by atoms with Gasteiger partial charge < -0.3 is 9.64 Å². The van der Waals surface area contributed by atoms with E-state index in [1.54, 1.807) is 26.0 Å². The highest BCUT2D eigenvalue weighted by molar-refractivity contribution is 6.35. The van der Waals surface area contributed by atoms with E-state index in [2.05, 4.69) is 0 Å². The van der Waals surface area contributed by atoms with Crippen molar-refractivity contribution >= 4 is 17.4 Å². The van der Waals surface area contributed by atoms with Crippen LogP contribution in [0.25, 0.3) is 5.57 Å². The molecule has 122 valence electrons. The molecule has 0 bridgehead atoms. The van der Waals surface area contributed by atoms with Gasteiger partial charge in [0, 0.05) is 19.1 Å². The summed E-state index contributed by atoms with van der Waals surface area (Å²) >= 11 is 0. The first-order valence-electron chi connectivity index (χ1n) is 7.71. The van der Waals surface area contributed by atoms with Gasteiger partial charge in [-0.15, -0.1) is 0 Å². The Morgan fingerprint density at radius 2 is 1.65 bits per heavy atom. The molecule has 5 nitrogen and oxygen atoms in total. The second-order valence-corrected chi connectivity index (χ2v) is 5.90. The molecule has 0 spiro atoms. The maximum absolute atomic E-state index is 13.2. The number of hydrogen-bond acceptors (Lipinski definition) is 4. The zero-order valence-corrected chi connectivity index (χ0v) is 13.2. The lowest BCUT2D eigenvalue weighted by Crippen LogP contribution is -2.42. The second kappa shape index (κ2) is 6.12. The fourth-order valence-electron chi connectivity index (χ4n) is 2.96. The van der Waals surface area contributed by atoms with Crippen LogP contribution in [0.1, 0.15) is 19.4 Å². The summed E-state index contributed by atoms with van der Waals surface area (Å²) in [6, 6.07) is 5.45. The van der Waals surface area contributed by atoms with Crippen molar-refractivity contribution in [2.75, 3.05) is 26.3 Å². The van der Waals surface area contributed by atoms with Crippen molar-refractivity contribution in [2.45, 2.75) is 19.9 Å². The molecule has 0 atom stereocenters. The monoisotopic (exact) mass is 318 g/mol. The predicted molar refractivity (Wildman–Crippen MR) is 82.7 cm³/mol. The lowest BCUT2D eigenvalue weighted by Gasteiger charge is -2.30. The van der Waals surface area contributed by atoms with E-state index in [1.165, 1.54) is 17.0 Å². The smallest absolute Gasteiger partial charge is 0.278 e. The summed E-state index contributed by atoms with van der Waals surface area (Å²) in [5, 5.41) is 0. The van der Waals surface area contributed by atoms with Crippen LogP contribution in [0.3, 0.4) is 0 Å². The van der Waals surface area contributed by atoms with E-state index < -0.39 is 0 Å². The van der Waals surface area contributed by atoms with E-state index in [9.17, 15) is 14.0 Å². The largest absolute Gasteiger partial charge is 0.378 e. The summed E-state index contributed by atoms with van der Waals surface area (Å²) in [6.07, 6.45) is 0. The van der Waals surface area contributed by atoms with Crippen molar-refractivity contribution in [3.05, 3.63) is 41.3 Å². The molecule has 2 amide bonds. The number of ether oxygens (including phenoxy) is 1. The molecule has 0 radical (unpaired) electrons. The van der Waals surface area contributed by atoms with Crippen LogP contribution < -0.4 is 0 Å². The number of imide groups is 1. The average Bonchev–Trinajstić information content (AvgIpc) is 2.80. The fourth-order valence-corrected chi connectivity index (χ4v) is 2.96. The maximum Gasteiger partial charge on any atom is 0.278 e. The molecule has 1 fully saturated rings. The average molecular weight is 318 g/mol. The lowest BCUT2D eigenvalue weighted by molar-refractivity contribution is -0.139. The van der Waals surface area contributed by atoms with Crippen molar-refractivity contribution in [1.29, 1.82) is 0 Å². The van der Waals surface area contributed by atoms with Gasteiger partial charge in [-0.25, -0.2) is 4.39 Å². The first-order valence-corrected chi connectivity index (χ1v) is 7.71. The number of carbonyl (C=O) groups excluding carboxylic acids is 2. The third kappa shape index (κ3) is 2.74. The molecule has 0 N–H and O–H groups in total. The highest BCUT2D eigenvalue weighted by Gasteiger charge is 2.42. The van der Waals surface area contributed by atoms with Gasteiger partial charge in [0.15, 0.2) is 0 Å². The summed E-state index contributed by atoms with van der Waals surface area (Å²) < 4.78 is 18.5. The van der Waals surface area contributed by atoms with Gasteiger partial charge in [0.05, 0.1) is 18.8 Å². The third-order valence-corrected chi connectivity index (χ3v) is 4.07. The molecule has 0 aliphatic carbocycles. The molecule has 0 unspecified atom stereocenters. The standard InChI is InChI=1S/C17H19FN2O3/c1-11(2)20-16(21)14(12-3-5-13(18)6-4-12)15(17(20)22)19-7-9-23-10-8-19/h3-6,11H,7-10H2,1-2H3. The number of halogens is 1. The molecule has 2 heterocycles. The number of rotatable bonds is 3. The van der Waals surface area contributed by atoms with Gasteiger partial charge in [-0.1, -0.05) is 12.1 Å². The van der Waals surface area contributed by atoms with E-state index in [4.69, 9.17) is 4.74 Å². The van der Waals surface area contributed by atoms with Crippen LogP contribution in [0.5, 0.6) is 0 Å². The molecule has 1 aromatic rings. The quantitative estimate of drug-likeness (QED) is 0.795. The van der Waals surface area contributed by atoms with Crippen LogP contribution in [-0.2, 0) is 14.3 Å². The Balaban J connectivity index is 2.10. The maximum atomic E-state index is 13.2. The Morgan fingerprint density at radius 3 is 2.22 bits per heavy atom. The summed E-state index contributed by atoms with van der Waals surface area (Å²) in [6.45, 7) is 5.77. The van der Waals surface area contributed by atoms with Gasteiger partial charge in [-0.05, 0) is 31.5 Å². The van der Waals surface area contributed by atoms with Crippen molar-refractivity contribution in [1.82, 2.24) is 9.80 Å². The van der Waals surface area contributed by atoms with Crippen LogP contribution in [0.4, 0.5) is 4.39 Å². The zero-order valence-electron chi connectivity index (χ0n) is 13.2. The SMILES string of the molecule is CC(C)N1C(=O)C(c2ccc(F)cc2)=C(N2CCOCC2)C1=O. The van der Waals surface area contributed by atoms with Gasteiger partial charge in [0.25, 0.3) is 11.8 Å². The fraction of sp³-hybridized carbons (Fsp3) is 0.412. The third-order valence-electron chi connectivity index (χ3n) is 4.07. The lowest BCUT2D eigenvalue weighted by atomic mass is 10.0. The van der Waals surface area contributed by atoms with Crippen molar-refractivity contribution in [2.24, 2.45) is 0 Å². The van der Waals surface area contributed by atoms with E-state index in [1.807, 2.05) is 4.90 Å². The topological polar surface area (TPSA) is 49.9 Å². The second-order valence-electron chi connectivity index (χ2n) is 5.90. The number of nitrogens with zero attached hydrogens (tertiary/aromatic N) is 2. The van der Waals surface area contributed by atoms with Crippen LogP contribution >= 0.6 is 0 Å². The van der Waals surface area contributed by atoms with Crippen LogP contribution in [-0.4, -0.2) is 54.0 Å². The Labute approximate surface area is 134 Å². The highest BCUT2D eigenvalue weighted by atomic mass is 19.1. The molecule has 1 aromatic carbocycles. The highest BCUT2D eigenvalue weighted by Crippen LogP contribution is 2.33. The van der Waals surface area contributed by atoms with E-state index >= 15 is 0 Å². The normalized spacial score (nSPS) is 19.3. The first-order chi connectivity index (χ1) is 11.0. The number of carbonyl (C=O) groups is 2. The van der Waals surface area contributed by atoms with E-state index in [-0.39, 0.29) is 23.7 Å². The minimum atomic E-state index is -0.375. The van der Waals surface area contributed by atoms with Crippen LogP contribution in [0, 0.1) is 5.82 Å². The number of hydrogen-bond donors (Lipinski definition) is 0. The zero-order chi connectivity index (χ0) is 16.6. The van der Waals surface area contributed by atoms with Crippen LogP contribution in [0.15, 0.2) is 30.0 Å². The number of benzene rings is 1. The van der Waals surface area contributed by atoms with Crippen LogP contribution in [0.2, 0.25) is 0 Å². The summed E-state index contributed by atoms with van der Waals surface area (Å²) in [5.41, 5.74) is 1.32. The molecule has 1 saturated heterocycles.